The first-order valence-electron chi connectivity index (χ1n) is 10.9. The predicted octanol–water partition coefficient (Wildman–Crippen LogP) is 5.64. The molecule has 2 aliphatic rings. The molecule has 0 aromatic heterocycles. The number of piperidine rings is 1. The Morgan fingerprint density at radius 1 is 1.06 bits per heavy atom. The molecule has 0 saturated carbocycles. The molecule has 1 saturated heterocycles. The number of benzene rings is 3. The number of carboxylic acids is 1. The molecule has 0 bridgehead atoms. The summed E-state index contributed by atoms with van der Waals surface area (Å²) < 4.78 is 14.4. The highest BCUT2D eigenvalue weighted by molar-refractivity contribution is 6.31. The van der Waals surface area contributed by atoms with Gasteiger partial charge in [-0.1, -0.05) is 53.5 Å². The van der Waals surface area contributed by atoms with Gasteiger partial charge < -0.3 is 10.4 Å². The molecule has 1 spiro atoms. The van der Waals surface area contributed by atoms with E-state index in [1.807, 2.05) is 24.3 Å². The molecule has 3 aromatic rings. The number of carboxylic acid groups (broad SMARTS) is 1. The highest BCUT2D eigenvalue weighted by atomic mass is 35.5. The van der Waals surface area contributed by atoms with E-state index >= 15 is 0 Å². The first kappa shape index (κ1) is 22.8. The van der Waals surface area contributed by atoms with Crippen LogP contribution in [0.5, 0.6) is 0 Å². The van der Waals surface area contributed by atoms with Gasteiger partial charge in [-0.25, -0.2) is 4.39 Å². The van der Waals surface area contributed by atoms with E-state index < -0.39 is 23.2 Å². The first-order chi connectivity index (χ1) is 16.3. The molecular weight excluding hydrogens is 478 g/mol. The third kappa shape index (κ3) is 3.66. The molecule has 5 nitrogen and oxygen atoms in total. The molecule has 34 heavy (non-hydrogen) atoms. The van der Waals surface area contributed by atoms with Gasteiger partial charge in [0.05, 0.1) is 12.6 Å². The van der Waals surface area contributed by atoms with E-state index in [9.17, 15) is 19.1 Å². The zero-order valence-corrected chi connectivity index (χ0v) is 19.5. The van der Waals surface area contributed by atoms with Crippen LogP contribution in [-0.2, 0) is 15.0 Å². The van der Waals surface area contributed by atoms with E-state index in [0.29, 0.717) is 39.8 Å². The quantitative estimate of drug-likeness (QED) is 0.488. The summed E-state index contributed by atoms with van der Waals surface area (Å²) in [5.74, 6) is -2.10. The molecule has 3 unspecified atom stereocenters. The molecular formula is C26H21Cl2FN2O3. The number of nitrogens with one attached hydrogen (secondary N) is 1. The normalized spacial score (nSPS) is 24.1. The molecule has 3 aromatic carbocycles. The van der Waals surface area contributed by atoms with Crippen molar-refractivity contribution < 1.29 is 19.1 Å². The van der Waals surface area contributed by atoms with E-state index in [0.717, 1.165) is 5.56 Å². The average molecular weight is 499 g/mol. The number of carbonyl (C=O) groups excluding carboxylic acids is 1. The number of anilines is 1. The minimum Gasteiger partial charge on any atom is -0.480 e. The van der Waals surface area contributed by atoms with E-state index in [-0.39, 0.29) is 18.4 Å². The predicted molar refractivity (Wildman–Crippen MR) is 129 cm³/mol. The Bertz CT molecular complexity index is 1300. The van der Waals surface area contributed by atoms with Crippen molar-refractivity contribution in [2.24, 2.45) is 0 Å². The van der Waals surface area contributed by atoms with Gasteiger partial charge in [-0.15, -0.1) is 0 Å². The summed E-state index contributed by atoms with van der Waals surface area (Å²) in [4.78, 5) is 27.6. The van der Waals surface area contributed by atoms with Crippen molar-refractivity contribution in [2.45, 2.75) is 23.8 Å². The molecule has 0 radical (unpaired) electrons. The topological polar surface area (TPSA) is 69.6 Å². The van der Waals surface area contributed by atoms with Gasteiger partial charge in [0.15, 0.2) is 0 Å². The van der Waals surface area contributed by atoms with Crippen LogP contribution < -0.4 is 5.32 Å². The lowest BCUT2D eigenvalue weighted by Gasteiger charge is -2.51. The summed E-state index contributed by atoms with van der Waals surface area (Å²) in [5.41, 5.74) is 1.44. The van der Waals surface area contributed by atoms with Crippen molar-refractivity contribution in [3.63, 3.8) is 0 Å². The van der Waals surface area contributed by atoms with Gasteiger partial charge in [-0.3, -0.25) is 14.5 Å². The maximum atomic E-state index is 14.4. The number of nitrogens with zero attached hydrogens (tertiary/aromatic N) is 1. The molecule has 174 valence electrons. The fourth-order valence-corrected chi connectivity index (χ4v) is 6.09. The van der Waals surface area contributed by atoms with E-state index in [1.54, 1.807) is 35.2 Å². The molecule has 2 N–H and O–H groups in total. The smallest absolute Gasteiger partial charge is 0.317 e. The SMILES string of the molecule is O=C(O)CN1CCC(c2cccc(Cl)c2)C2(C(=O)Nc3cc(Cl)ccc32)C1c1cccc(F)c1. The summed E-state index contributed by atoms with van der Waals surface area (Å²) in [6, 6.07) is 17.9. The third-order valence-corrected chi connectivity index (χ3v) is 7.33. The molecule has 1 amide bonds. The van der Waals surface area contributed by atoms with E-state index in [1.165, 1.54) is 12.1 Å². The average Bonchev–Trinajstić information content (AvgIpc) is 3.04. The summed E-state index contributed by atoms with van der Waals surface area (Å²) in [6.45, 7) is 0.115. The molecule has 3 atom stereocenters. The number of aliphatic carboxylic acids is 1. The lowest BCUT2D eigenvalue weighted by molar-refractivity contribution is -0.142. The number of hydrogen-bond donors (Lipinski definition) is 2. The Kier molecular flexibility index (Phi) is 5.84. The van der Waals surface area contributed by atoms with Crippen LogP contribution in [0.15, 0.2) is 66.7 Å². The van der Waals surface area contributed by atoms with Crippen LogP contribution in [0.4, 0.5) is 10.1 Å². The maximum absolute atomic E-state index is 14.4. The second-order valence-electron chi connectivity index (χ2n) is 8.73. The molecule has 2 aliphatic heterocycles. The second kappa shape index (κ2) is 8.69. The summed E-state index contributed by atoms with van der Waals surface area (Å²) in [7, 11) is 0. The monoisotopic (exact) mass is 498 g/mol. The van der Waals surface area contributed by atoms with Crippen molar-refractivity contribution in [2.75, 3.05) is 18.4 Å². The highest BCUT2D eigenvalue weighted by Gasteiger charge is 2.61. The van der Waals surface area contributed by atoms with Gasteiger partial charge in [0, 0.05) is 28.2 Å². The van der Waals surface area contributed by atoms with Crippen molar-refractivity contribution in [1.29, 1.82) is 0 Å². The highest BCUT2D eigenvalue weighted by Crippen LogP contribution is 2.59. The minimum absolute atomic E-state index is 0.279. The zero-order valence-electron chi connectivity index (χ0n) is 18.0. The fourth-order valence-electron chi connectivity index (χ4n) is 5.72. The fraction of sp³-hybridized carbons (Fsp3) is 0.231. The molecule has 5 rings (SSSR count). The van der Waals surface area contributed by atoms with E-state index in [2.05, 4.69) is 5.32 Å². The number of rotatable bonds is 4. The maximum Gasteiger partial charge on any atom is 0.317 e. The van der Waals surface area contributed by atoms with Gasteiger partial charge in [-0.05, 0) is 59.5 Å². The number of carbonyl (C=O) groups is 2. The Balaban J connectivity index is 1.82. The Morgan fingerprint density at radius 2 is 1.79 bits per heavy atom. The number of halogens is 3. The lowest BCUT2D eigenvalue weighted by atomic mass is 9.58. The number of likely N-dealkylation sites (tertiary alicyclic amines) is 1. The number of fused-ring (bicyclic) bond motifs is 2. The van der Waals surface area contributed by atoms with Gasteiger partial charge in [-0.2, -0.15) is 0 Å². The van der Waals surface area contributed by atoms with Crippen LogP contribution in [0.1, 0.15) is 35.1 Å². The summed E-state index contributed by atoms with van der Waals surface area (Å²) >= 11 is 12.6. The third-order valence-electron chi connectivity index (χ3n) is 6.86. The minimum atomic E-state index is -1.23. The van der Waals surface area contributed by atoms with Gasteiger partial charge in [0.2, 0.25) is 5.91 Å². The van der Waals surface area contributed by atoms with Crippen LogP contribution in [0.2, 0.25) is 10.0 Å². The van der Waals surface area contributed by atoms with Gasteiger partial charge >= 0.3 is 5.97 Å². The number of amides is 1. The van der Waals surface area contributed by atoms with Gasteiger partial charge in [0.25, 0.3) is 0 Å². The first-order valence-corrected chi connectivity index (χ1v) is 11.6. The Labute approximate surface area is 206 Å². The largest absolute Gasteiger partial charge is 0.480 e. The molecule has 2 heterocycles. The Morgan fingerprint density at radius 3 is 2.53 bits per heavy atom. The van der Waals surface area contributed by atoms with Crippen LogP contribution in [-0.4, -0.2) is 35.0 Å². The zero-order chi connectivity index (χ0) is 24.0. The second-order valence-corrected chi connectivity index (χ2v) is 9.60. The van der Waals surface area contributed by atoms with Crippen LogP contribution in [0.3, 0.4) is 0 Å². The molecule has 1 fully saturated rings. The van der Waals surface area contributed by atoms with Crippen molar-refractivity contribution >= 4 is 40.8 Å². The van der Waals surface area contributed by atoms with E-state index in [4.69, 9.17) is 23.2 Å². The standard InChI is InChI=1S/C26H21Cl2FN2O3/c27-17-5-1-3-15(11-17)20-9-10-31(14-23(32)33)24(16-4-2-6-19(29)12-16)26(20)21-8-7-18(28)13-22(21)30-25(26)34/h1-8,11-13,20,24H,9-10,14H2,(H,30,34)(H,32,33). The van der Waals surface area contributed by atoms with Crippen molar-refractivity contribution in [3.8, 4) is 0 Å². The number of hydrogen-bond acceptors (Lipinski definition) is 3. The van der Waals surface area contributed by atoms with Gasteiger partial charge in [0.1, 0.15) is 11.2 Å². The van der Waals surface area contributed by atoms with Crippen molar-refractivity contribution in [1.82, 2.24) is 4.90 Å². The summed E-state index contributed by atoms with van der Waals surface area (Å²) in [6.07, 6.45) is 0.509. The van der Waals surface area contributed by atoms with Crippen LogP contribution in [0.25, 0.3) is 0 Å². The molecule has 8 heteroatoms. The van der Waals surface area contributed by atoms with Crippen LogP contribution >= 0.6 is 23.2 Å². The summed E-state index contributed by atoms with van der Waals surface area (Å²) in [5, 5.41) is 13.7. The molecule has 0 aliphatic carbocycles. The van der Waals surface area contributed by atoms with Crippen LogP contribution in [0, 0.1) is 5.82 Å². The Hall–Kier alpha value is -2.93. The lowest BCUT2D eigenvalue weighted by Crippen LogP contribution is -2.57. The van der Waals surface area contributed by atoms with Crippen molar-refractivity contribution in [3.05, 3.63) is 99.3 Å².